The van der Waals surface area contributed by atoms with Gasteiger partial charge in [0.15, 0.2) is 0 Å². The first kappa shape index (κ1) is 16.9. The zero-order valence-corrected chi connectivity index (χ0v) is 15.4. The maximum atomic E-state index is 5.84. The minimum Gasteiger partial charge on any atom is -0.486 e. The molecule has 0 spiro atoms. The second kappa shape index (κ2) is 7.34. The van der Waals surface area contributed by atoms with E-state index in [2.05, 4.69) is 53.6 Å². The highest BCUT2D eigenvalue weighted by Crippen LogP contribution is 2.33. The SMILES string of the molecule is CC(NC1CCc2ccccc21)c1ccc(OCc2nccn2C)cc1. The van der Waals surface area contributed by atoms with Crippen LogP contribution in [0.25, 0.3) is 0 Å². The first-order valence-corrected chi connectivity index (χ1v) is 9.23. The van der Waals surface area contributed by atoms with Gasteiger partial charge < -0.3 is 14.6 Å². The minimum absolute atomic E-state index is 0.301. The second-order valence-corrected chi connectivity index (χ2v) is 6.99. The number of nitrogens with zero attached hydrogens (tertiary/aromatic N) is 2. The molecule has 0 radical (unpaired) electrons. The number of nitrogens with one attached hydrogen (secondary N) is 1. The van der Waals surface area contributed by atoms with Crippen molar-refractivity contribution >= 4 is 0 Å². The first-order valence-electron chi connectivity index (χ1n) is 9.23. The minimum atomic E-state index is 0.301. The number of ether oxygens (including phenoxy) is 1. The lowest BCUT2D eigenvalue weighted by Crippen LogP contribution is -2.22. The molecule has 1 aliphatic rings. The molecule has 1 N–H and O–H groups in total. The number of benzene rings is 2. The van der Waals surface area contributed by atoms with Gasteiger partial charge in [-0.15, -0.1) is 0 Å². The molecule has 134 valence electrons. The van der Waals surface area contributed by atoms with Crippen LogP contribution in [-0.2, 0) is 20.1 Å². The van der Waals surface area contributed by atoms with Crippen molar-refractivity contribution in [2.24, 2.45) is 7.05 Å². The molecule has 26 heavy (non-hydrogen) atoms. The molecular weight excluding hydrogens is 322 g/mol. The number of aryl methyl sites for hydroxylation is 2. The van der Waals surface area contributed by atoms with Crippen LogP contribution in [0.2, 0.25) is 0 Å². The lowest BCUT2D eigenvalue weighted by molar-refractivity contribution is 0.291. The van der Waals surface area contributed by atoms with E-state index in [4.69, 9.17) is 4.74 Å². The van der Waals surface area contributed by atoms with Crippen LogP contribution in [0.15, 0.2) is 60.9 Å². The fourth-order valence-electron chi connectivity index (χ4n) is 3.66. The Morgan fingerprint density at radius 3 is 2.77 bits per heavy atom. The van der Waals surface area contributed by atoms with Gasteiger partial charge in [-0.05, 0) is 48.6 Å². The van der Waals surface area contributed by atoms with Crippen LogP contribution in [0, 0.1) is 0 Å². The van der Waals surface area contributed by atoms with Crippen LogP contribution >= 0.6 is 0 Å². The summed E-state index contributed by atoms with van der Waals surface area (Å²) < 4.78 is 7.81. The molecule has 2 aromatic carbocycles. The fourth-order valence-corrected chi connectivity index (χ4v) is 3.66. The Labute approximate surface area is 154 Å². The Morgan fingerprint density at radius 2 is 2.00 bits per heavy atom. The molecule has 3 aromatic rings. The van der Waals surface area contributed by atoms with E-state index in [1.54, 1.807) is 6.20 Å². The standard InChI is InChI=1S/C22H25N3O/c1-16(24-21-12-9-18-5-3-4-6-20(18)21)17-7-10-19(11-8-17)26-15-22-23-13-14-25(22)2/h3-8,10-11,13-14,16,21,24H,9,12,15H2,1-2H3. The average Bonchev–Trinajstić information content (AvgIpc) is 3.27. The Kier molecular flexibility index (Phi) is 4.76. The lowest BCUT2D eigenvalue weighted by atomic mass is 10.0. The first-order chi connectivity index (χ1) is 12.7. The number of hydrogen-bond acceptors (Lipinski definition) is 3. The molecule has 1 aromatic heterocycles. The molecule has 1 aliphatic carbocycles. The smallest absolute Gasteiger partial charge is 0.146 e. The van der Waals surface area contributed by atoms with Gasteiger partial charge in [-0.3, -0.25) is 0 Å². The van der Waals surface area contributed by atoms with E-state index < -0.39 is 0 Å². The van der Waals surface area contributed by atoms with Gasteiger partial charge >= 0.3 is 0 Å². The van der Waals surface area contributed by atoms with Gasteiger partial charge in [0.05, 0.1) is 0 Å². The molecule has 0 bridgehead atoms. The predicted octanol–water partition coefficient (Wildman–Crippen LogP) is 4.34. The average molecular weight is 347 g/mol. The van der Waals surface area contributed by atoms with Crippen molar-refractivity contribution in [3.05, 3.63) is 83.4 Å². The van der Waals surface area contributed by atoms with E-state index in [0.717, 1.165) is 11.6 Å². The summed E-state index contributed by atoms with van der Waals surface area (Å²) in [6, 6.07) is 17.9. The van der Waals surface area contributed by atoms with E-state index in [0.29, 0.717) is 18.7 Å². The van der Waals surface area contributed by atoms with Crippen LogP contribution in [0.5, 0.6) is 5.75 Å². The van der Waals surface area contributed by atoms with Crippen molar-refractivity contribution in [1.82, 2.24) is 14.9 Å². The molecule has 4 heteroatoms. The van der Waals surface area contributed by atoms with Crippen molar-refractivity contribution in [1.29, 1.82) is 0 Å². The van der Waals surface area contributed by atoms with E-state index in [9.17, 15) is 0 Å². The van der Waals surface area contributed by atoms with Gasteiger partial charge in [0.1, 0.15) is 18.2 Å². The zero-order chi connectivity index (χ0) is 17.9. The number of hydrogen-bond donors (Lipinski definition) is 1. The predicted molar refractivity (Wildman–Crippen MR) is 103 cm³/mol. The lowest BCUT2D eigenvalue weighted by Gasteiger charge is -2.21. The summed E-state index contributed by atoms with van der Waals surface area (Å²) in [5.74, 6) is 1.79. The molecule has 1 heterocycles. The summed E-state index contributed by atoms with van der Waals surface area (Å²) in [7, 11) is 1.98. The Balaban J connectivity index is 1.37. The summed E-state index contributed by atoms with van der Waals surface area (Å²) in [6.45, 7) is 2.71. The van der Waals surface area contributed by atoms with Crippen LogP contribution in [-0.4, -0.2) is 9.55 Å². The number of aromatic nitrogens is 2. The molecule has 0 aliphatic heterocycles. The van der Waals surface area contributed by atoms with E-state index in [-0.39, 0.29) is 0 Å². The van der Waals surface area contributed by atoms with Gasteiger partial charge in [0.2, 0.25) is 0 Å². The maximum Gasteiger partial charge on any atom is 0.146 e. The summed E-state index contributed by atoms with van der Waals surface area (Å²) in [6.07, 6.45) is 6.06. The summed E-state index contributed by atoms with van der Waals surface area (Å²) in [5.41, 5.74) is 4.21. The molecule has 0 saturated carbocycles. The monoisotopic (exact) mass is 347 g/mol. The normalized spacial score (nSPS) is 17.1. The van der Waals surface area contributed by atoms with Crippen LogP contribution in [0.3, 0.4) is 0 Å². The van der Waals surface area contributed by atoms with Crippen molar-refractivity contribution < 1.29 is 4.74 Å². The summed E-state index contributed by atoms with van der Waals surface area (Å²) in [4.78, 5) is 4.28. The van der Waals surface area contributed by atoms with Gasteiger partial charge in [-0.2, -0.15) is 0 Å². The van der Waals surface area contributed by atoms with Crippen LogP contribution in [0.4, 0.5) is 0 Å². The van der Waals surface area contributed by atoms with Crippen molar-refractivity contribution in [3.8, 4) is 5.75 Å². The van der Waals surface area contributed by atoms with Crippen LogP contribution < -0.4 is 10.1 Å². The third kappa shape index (κ3) is 3.51. The molecule has 2 unspecified atom stereocenters. The Hall–Kier alpha value is -2.59. The maximum absolute atomic E-state index is 5.84. The summed E-state index contributed by atoms with van der Waals surface area (Å²) >= 11 is 0. The summed E-state index contributed by atoms with van der Waals surface area (Å²) in [5, 5.41) is 3.78. The van der Waals surface area contributed by atoms with Crippen LogP contribution in [0.1, 0.15) is 47.9 Å². The highest BCUT2D eigenvalue weighted by molar-refractivity contribution is 5.35. The molecule has 0 amide bonds. The quantitative estimate of drug-likeness (QED) is 0.721. The molecule has 0 saturated heterocycles. The Morgan fingerprint density at radius 1 is 1.19 bits per heavy atom. The van der Waals surface area contributed by atoms with E-state index in [1.165, 1.54) is 29.5 Å². The number of imidazole rings is 1. The number of fused-ring (bicyclic) bond motifs is 1. The topological polar surface area (TPSA) is 39.1 Å². The molecular formula is C22H25N3O. The highest BCUT2D eigenvalue weighted by Gasteiger charge is 2.23. The van der Waals surface area contributed by atoms with Gasteiger partial charge in [-0.25, -0.2) is 4.98 Å². The number of rotatable bonds is 6. The molecule has 4 nitrogen and oxygen atoms in total. The highest BCUT2D eigenvalue weighted by atomic mass is 16.5. The molecule has 0 fully saturated rings. The molecule has 2 atom stereocenters. The largest absolute Gasteiger partial charge is 0.486 e. The Bertz CT molecular complexity index is 869. The van der Waals surface area contributed by atoms with Crippen molar-refractivity contribution in [2.45, 2.75) is 38.5 Å². The van der Waals surface area contributed by atoms with Gasteiger partial charge in [0, 0.05) is 31.5 Å². The zero-order valence-electron chi connectivity index (χ0n) is 15.4. The van der Waals surface area contributed by atoms with Gasteiger partial charge in [-0.1, -0.05) is 36.4 Å². The second-order valence-electron chi connectivity index (χ2n) is 6.99. The van der Waals surface area contributed by atoms with Crippen molar-refractivity contribution in [3.63, 3.8) is 0 Å². The van der Waals surface area contributed by atoms with E-state index >= 15 is 0 Å². The fraction of sp³-hybridized carbons (Fsp3) is 0.318. The molecule has 4 rings (SSSR count). The van der Waals surface area contributed by atoms with E-state index in [1.807, 2.05) is 29.9 Å². The van der Waals surface area contributed by atoms with Crippen molar-refractivity contribution in [2.75, 3.05) is 0 Å². The third-order valence-corrected chi connectivity index (χ3v) is 5.25. The van der Waals surface area contributed by atoms with Gasteiger partial charge in [0.25, 0.3) is 0 Å². The third-order valence-electron chi connectivity index (χ3n) is 5.25.